The predicted molar refractivity (Wildman–Crippen MR) is 82.1 cm³/mol. The van der Waals surface area contributed by atoms with E-state index in [0.717, 1.165) is 19.3 Å². The molecule has 0 saturated heterocycles. The third-order valence-corrected chi connectivity index (χ3v) is 4.68. The molecule has 0 unspecified atom stereocenters. The molecule has 2 amide bonds. The van der Waals surface area contributed by atoms with E-state index in [1.165, 1.54) is 36.0 Å². The molecule has 0 heterocycles. The third kappa shape index (κ3) is 3.76. The maximum atomic E-state index is 11.8. The van der Waals surface area contributed by atoms with Crippen LogP contribution < -0.4 is 10.6 Å². The Morgan fingerprint density at radius 2 is 2.05 bits per heavy atom. The second kappa shape index (κ2) is 6.48. The summed E-state index contributed by atoms with van der Waals surface area (Å²) in [6.07, 6.45) is 6.11. The highest BCUT2D eigenvalue weighted by Gasteiger charge is 2.22. The van der Waals surface area contributed by atoms with Gasteiger partial charge in [-0.15, -0.1) is 0 Å². The van der Waals surface area contributed by atoms with E-state index in [1.807, 2.05) is 0 Å². The van der Waals surface area contributed by atoms with Crippen molar-refractivity contribution in [2.75, 3.05) is 6.54 Å². The number of carbonyl (C=O) groups is 1. The maximum absolute atomic E-state index is 11.8. The molecule has 3 N–H and O–H groups in total. The number of hydrogen-bond acceptors (Lipinski definition) is 2. The van der Waals surface area contributed by atoms with Crippen molar-refractivity contribution in [1.29, 1.82) is 0 Å². The van der Waals surface area contributed by atoms with Crippen LogP contribution in [0.1, 0.15) is 42.4 Å². The zero-order valence-electron chi connectivity index (χ0n) is 12.4. The molecule has 1 fully saturated rings. The van der Waals surface area contributed by atoms with Crippen molar-refractivity contribution in [3.05, 3.63) is 34.9 Å². The minimum absolute atomic E-state index is 0.114. The number of aliphatic hydroxyl groups is 1. The van der Waals surface area contributed by atoms with Crippen LogP contribution in [0.25, 0.3) is 0 Å². The molecule has 1 aromatic rings. The number of rotatable bonds is 4. The fraction of sp³-hybridized carbons (Fsp3) is 0.588. The Bertz CT molecular complexity index is 516. The smallest absolute Gasteiger partial charge is 0.315 e. The number of hydrogen-bond donors (Lipinski definition) is 3. The Balaban J connectivity index is 1.41. The van der Waals surface area contributed by atoms with Gasteiger partial charge in [-0.2, -0.15) is 0 Å². The highest BCUT2D eigenvalue weighted by Crippen LogP contribution is 2.24. The summed E-state index contributed by atoms with van der Waals surface area (Å²) in [6.45, 7) is 1.24. The molecule has 114 valence electrons. The topological polar surface area (TPSA) is 61.4 Å². The number of aliphatic hydroxyl groups excluding tert-OH is 1. The van der Waals surface area contributed by atoms with Crippen LogP contribution in [-0.2, 0) is 19.4 Å². The van der Waals surface area contributed by atoms with E-state index >= 15 is 0 Å². The van der Waals surface area contributed by atoms with Gasteiger partial charge in [0.2, 0.25) is 0 Å². The van der Waals surface area contributed by atoms with Crippen LogP contribution in [-0.4, -0.2) is 23.8 Å². The molecule has 4 heteroatoms. The highest BCUT2D eigenvalue weighted by atomic mass is 16.3. The molecular weight excluding hydrogens is 264 g/mol. The van der Waals surface area contributed by atoms with E-state index in [1.54, 1.807) is 0 Å². The van der Waals surface area contributed by atoms with E-state index in [0.29, 0.717) is 19.0 Å². The van der Waals surface area contributed by atoms with Crippen LogP contribution >= 0.6 is 0 Å². The van der Waals surface area contributed by atoms with Crippen molar-refractivity contribution in [2.45, 2.75) is 51.2 Å². The Morgan fingerprint density at radius 3 is 2.86 bits per heavy atom. The Labute approximate surface area is 125 Å². The van der Waals surface area contributed by atoms with E-state index < -0.39 is 0 Å². The molecule has 0 aromatic heterocycles. The molecule has 1 saturated carbocycles. The quantitative estimate of drug-likeness (QED) is 0.795. The molecule has 3 rings (SSSR count). The molecule has 0 radical (unpaired) electrons. The van der Waals surface area contributed by atoms with E-state index in [2.05, 4.69) is 28.8 Å². The molecule has 0 bridgehead atoms. The SMILES string of the molecule is O=C(NCc1ccc2c(c1)CCC2)NC[C@H]1CC[C@H](O)C1. The van der Waals surface area contributed by atoms with Crippen LogP contribution in [0.4, 0.5) is 4.79 Å². The Hall–Kier alpha value is -1.55. The van der Waals surface area contributed by atoms with Crippen molar-refractivity contribution in [3.63, 3.8) is 0 Å². The summed E-state index contributed by atoms with van der Waals surface area (Å²) in [4.78, 5) is 11.8. The van der Waals surface area contributed by atoms with Gasteiger partial charge in [0, 0.05) is 13.1 Å². The van der Waals surface area contributed by atoms with Gasteiger partial charge in [0.1, 0.15) is 0 Å². The number of nitrogens with one attached hydrogen (secondary N) is 2. The van der Waals surface area contributed by atoms with Crippen LogP contribution in [0.15, 0.2) is 18.2 Å². The second-order valence-corrected chi connectivity index (χ2v) is 6.35. The van der Waals surface area contributed by atoms with Gasteiger partial charge < -0.3 is 15.7 Å². The lowest BCUT2D eigenvalue weighted by atomic mass is 10.1. The zero-order chi connectivity index (χ0) is 14.7. The summed E-state index contributed by atoms with van der Waals surface area (Å²) in [5, 5.41) is 15.3. The van der Waals surface area contributed by atoms with Crippen molar-refractivity contribution >= 4 is 6.03 Å². The number of benzene rings is 1. The summed E-state index contributed by atoms with van der Waals surface area (Å²) in [7, 11) is 0. The summed E-state index contributed by atoms with van der Waals surface area (Å²) < 4.78 is 0. The molecule has 21 heavy (non-hydrogen) atoms. The number of carbonyl (C=O) groups excluding carboxylic acids is 1. The molecule has 0 spiro atoms. The van der Waals surface area contributed by atoms with Crippen molar-refractivity contribution in [3.8, 4) is 0 Å². The average molecular weight is 288 g/mol. The number of urea groups is 1. The number of aryl methyl sites for hydroxylation is 2. The monoisotopic (exact) mass is 288 g/mol. The first-order valence-corrected chi connectivity index (χ1v) is 8.01. The maximum Gasteiger partial charge on any atom is 0.315 e. The van der Waals surface area contributed by atoms with E-state index in [-0.39, 0.29) is 12.1 Å². The standard InChI is InChI=1S/C17H24N2O2/c20-16-7-5-13(9-16)11-19-17(21)18-10-12-4-6-14-2-1-3-15(14)8-12/h4,6,8,13,16,20H,1-3,5,7,9-11H2,(H2,18,19,21)/t13-,16-/m0/s1. The lowest BCUT2D eigenvalue weighted by Crippen LogP contribution is -2.37. The van der Waals surface area contributed by atoms with Crippen molar-refractivity contribution < 1.29 is 9.90 Å². The second-order valence-electron chi connectivity index (χ2n) is 6.35. The van der Waals surface area contributed by atoms with Crippen LogP contribution in [0.2, 0.25) is 0 Å². The van der Waals surface area contributed by atoms with Gasteiger partial charge in [0.15, 0.2) is 0 Å². The third-order valence-electron chi connectivity index (χ3n) is 4.68. The predicted octanol–water partition coefficient (Wildman–Crippen LogP) is 2.14. The lowest BCUT2D eigenvalue weighted by Gasteiger charge is -2.12. The molecule has 1 aromatic carbocycles. The molecule has 2 aliphatic rings. The minimum atomic E-state index is -0.175. The van der Waals surface area contributed by atoms with Crippen molar-refractivity contribution in [2.24, 2.45) is 5.92 Å². The Kier molecular flexibility index (Phi) is 4.44. The van der Waals surface area contributed by atoms with Crippen LogP contribution in [0, 0.1) is 5.92 Å². The molecule has 2 aliphatic carbocycles. The number of fused-ring (bicyclic) bond motifs is 1. The van der Waals surface area contributed by atoms with Gasteiger partial charge >= 0.3 is 6.03 Å². The summed E-state index contributed by atoms with van der Waals surface area (Å²) in [5.41, 5.74) is 4.07. The largest absolute Gasteiger partial charge is 0.393 e. The molecule has 0 aliphatic heterocycles. The normalized spacial score (nSPS) is 23.9. The first-order chi connectivity index (χ1) is 10.2. The lowest BCUT2D eigenvalue weighted by molar-refractivity contribution is 0.177. The van der Waals surface area contributed by atoms with Gasteiger partial charge in [-0.1, -0.05) is 18.2 Å². The summed E-state index contributed by atoms with van der Waals surface area (Å²) in [6, 6.07) is 6.40. The van der Waals surface area contributed by atoms with Crippen molar-refractivity contribution in [1.82, 2.24) is 10.6 Å². The molecular formula is C17H24N2O2. The van der Waals surface area contributed by atoms with Crippen LogP contribution in [0.3, 0.4) is 0 Å². The van der Waals surface area contributed by atoms with Gasteiger partial charge in [-0.25, -0.2) is 4.79 Å². The summed E-state index contributed by atoms with van der Waals surface area (Å²) in [5.74, 6) is 0.422. The van der Waals surface area contributed by atoms with Gasteiger partial charge in [0.25, 0.3) is 0 Å². The summed E-state index contributed by atoms with van der Waals surface area (Å²) >= 11 is 0. The first-order valence-electron chi connectivity index (χ1n) is 8.01. The average Bonchev–Trinajstić information content (AvgIpc) is 3.10. The first kappa shape index (κ1) is 14.4. The Morgan fingerprint density at radius 1 is 1.19 bits per heavy atom. The van der Waals surface area contributed by atoms with E-state index in [9.17, 15) is 9.90 Å². The highest BCUT2D eigenvalue weighted by molar-refractivity contribution is 5.73. The number of amides is 2. The minimum Gasteiger partial charge on any atom is -0.393 e. The molecule has 4 nitrogen and oxygen atoms in total. The van der Waals surface area contributed by atoms with E-state index in [4.69, 9.17) is 0 Å². The van der Waals surface area contributed by atoms with Gasteiger partial charge in [0.05, 0.1) is 6.10 Å². The molecule has 2 atom stereocenters. The van der Waals surface area contributed by atoms with Gasteiger partial charge in [-0.3, -0.25) is 0 Å². The van der Waals surface area contributed by atoms with Gasteiger partial charge in [-0.05, 0) is 61.1 Å². The zero-order valence-corrected chi connectivity index (χ0v) is 12.4. The van der Waals surface area contributed by atoms with Crippen LogP contribution in [0.5, 0.6) is 0 Å². The fourth-order valence-corrected chi connectivity index (χ4v) is 3.45. The fourth-order valence-electron chi connectivity index (χ4n) is 3.45.